The maximum Gasteiger partial charge on any atom is 0.339 e. The Kier molecular flexibility index (Phi) is 7.65. The molecule has 0 aliphatic rings. The van der Waals surface area contributed by atoms with Gasteiger partial charge in [-0.05, 0) is 50.2 Å². The number of rotatable bonds is 9. The SMILES string of the molecule is COc1cccc(NC(=O)C(OC(=O)c2ccc(OCc3c(C)noc3C)cc2)c2ccccc2)c1. The molecule has 4 rings (SSSR count). The second kappa shape index (κ2) is 11.2. The molecule has 36 heavy (non-hydrogen) atoms. The molecule has 1 unspecified atom stereocenters. The van der Waals surface area contributed by atoms with Crippen molar-refractivity contribution in [3.05, 3.63) is 107 Å². The molecule has 0 fully saturated rings. The lowest BCUT2D eigenvalue weighted by atomic mass is 10.1. The number of hydrogen-bond donors (Lipinski definition) is 1. The van der Waals surface area contributed by atoms with E-state index in [1.807, 2.05) is 19.9 Å². The molecular weight excluding hydrogens is 460 g/mol. The Morgan fingerprint density at radius 2 is 1.69 bits per heavy atom. The Hall–Kier alpha value is -4.59. The third kappa shape index (κ3) is 5.90. The summed E-state index contributed by atoms with van der Waals surface area (Å²) in [6, 6.07) is 22.3. The van der Waals surface area contributed by atoms with Gasteiger partial charge >= 0.3 is 5.97 Å². The number of nitrogens with one attached hydrogen (secondary N) is 1. The molecule has 1 atom stereocenters. The lowest BCUT2D eigenvalue weighted by Gasteiger charge is -2.18. The van der Waals surface area contributed by atoms with E-state index in [0.29, 0.717) is 35.1 Å². The van der Waals surface area contributed by atoms with Gasteiger partial charge < -0.3 is 24.1 Å². The number of esters is 1. The number of amides is 1. The monoisotopic (exact) mass is 486 g/mol. The van der Waals surface area contributed by atoms with E-state index in [-0.39, 0.29) is 5.56 Å². The molecule has 4 aromatic rings. The van der Waals surface area contributed by atoms with E-state index in [1.54, 1.807) is 79.9 Å². The van der Waals surface area contributed by atoms with Gasteiger partial charge in [-0.1, -0.05) is 41.6 Å². The third-order valence-electron chi connectivity index (χ3n) is 5.56. The zero-order valence-corrected chi connectivity index (χ0v) is 20.2. The standard InChI is InChI=1S/C28H26N2O6/c1-18-25(19(2)36-30-18)17-34-23-14-12-21(13-15-23)28(32)35-26(20-8-5-4-6-9-20)27(31)29-22-10-7-11-24(16-22)33-3/h4-16,26H,17H2,1-3H3,(H,29,31). The molecule has 0 radical (unpaired) electrons. The summed E-state index contributed by atoms with van der Waals surface area (Å²) in [5, 5.41) is 6.70. The van der Waals surface area contributed by atoms with Crippen LogP contribution in [0, 0.1) is 13.8 Å². The first kappa shape index (κ1) is 24.5. The van der Waals surface area contributed by atoms with Crippen LogP contribution in [0.15, 0.2) is 83.4 Å². The van der Waals surface area contributed by atoms with Crippen molar-refractivity contribution in [2.75, 3.05) is 12.4 Å². The molecule has 0 aliphatic heterocycles. The second-order valence-corrected chi connectivity index (χ2v) is 8.03. The second-order valence-electron chi connectivity index (χ2n) is 8.03. The van der Waals surface area contributed by atoms with Gasteiger partial charge in [-0.2, -0.15) is 0 Å². The Bertz CT molecular complexity index is 1310. The van der Waals surface area contributed by atoms with E-state index >= 15 is 0 Å². The lowest BCUT2D eigenvalue weighted by Crippen LogP contribution is -2.26. The first-order chi connectivity index (χ1) is 17.4. The number of carbonyl (C=O) groups is 2. The summed E-state index contributed by atoms with van der Waals surface area (Å²) in [7, 11) is 1.54. The fourth-order valence-electron chi connectivity index (χ4n) is 3.54. The van der Waals surface area contributed by atoms with Crippen LogP contribution in [0.25, 0.3) is 0 Å². The fraction of sp³-hybridized carbons (Fsp3) is 0.179. The van der Waals surface area contributed by atoms with Crippen LogP contribution >= 0.6 is 0 Å². The number of hydrogen-bond acceptors (Lipinski definition) is 7. The topological polar surface area (TPSA) is 99.9 Å². The summed E-state index contributed by atoms with van der Waals surface area (Å²) in [6.07, 6.45) is -1.15. The summed E-state index contributed by atoms with van der Waals surface area (Å²) in [5.74, 6) is 0.746. The van der Waals surface area contributed by atoms with E-state index in [9.17, 15) is 9.59 Å². The molecule has 0 saturated carbocycles. The van der Waals surface area contributed by atoms with Crippen LogP contribution in [0.1, 0.15) is 39.0 Å². The number of aromatic nitrogens is 1. The third-order valence-corrected chi connectivity index (χ3v) is 5.56. The predicted molar refractivity (Wildman–Crippen MR) is 133 cm³/mol. The van der Waals surface area contributed by atoms with E-state index in [2.05, 4.69) is 10.5 Å². The van der Waals surface area contributed by atoms with Crippen molar-refractivity contribution in [2.45, 2.75) is 26.6 Å². The average Bonchev–Trinajstić information content (AvgIpc) is 3.23. The minimum atomic E-state index is -1.15. The van der Waals surface area contributed by atoms with Gasteiger partial charge in [0.25, 0.3) is 5.91 Å². The maximum absolute atomic E-state index is 13.1. The largest absolute Gasteiger partial charge is 0.497 e. The molecule has 1 amide bonds. The van der Waals surface area contributed by atoms with Gasteiger partial charge in [-0.15, -0.1) is 0 Å². The number of methoxy groups -OCH3 is 1. The molecule has 1 N–H and O–H groups in total. The summed E-state index contributed by atoms with van der Waals surface area (Å²) in [4.78, 5) is 26.1. The quantitative estimate of drug-likeness (QED) is 0.316. The van der Waals surface area contributed by atoms with Crippen LogP contribution in [0.3, 0.4) is 0 Å². The first-order valence-corrected chi connectivity index (χ1v) is 11.3. The van der Waals surface area contributed by atoms with Crippen molar-refractivity contribution >= 4 is 17.6 Å². The van der Waals surface area contributed by atoms with Crippen LogP contribution in [-0.2, 0) is 16.1 Å². The molecule has 0 aliphatic carbocycles. The predicted octanol–water partition coefficient (Wildman–Crippen LogP) is 5.42. The van der Waals surface area contributed by atoms with Gasteiger partial charge in [0.15, 0.2) is 0 Å². The molecule has 0 bridgehead atoms. The molecular formula is C28H26N2O6. The van der Waals surface area contributed by atoms with E-state index in [1.165, 1.54) is 0 Å². The molecule has 8 nitrogen and oxygen atoms in total. The van der Waals surface area contributed by atoms with Crippen LogP contribution in [0.4, 0.5) is 5.69 Å². The highest BCUT2D eigenvalue weighted by atomic mass is 16.5. The Balaban J connectivity index is 1.46. The first-order valence-electron chi connectivity index (χ1n) is 11.3. The van der Waals surface area contributed by atoms with Crippen LogP contribution in [-0.4, -0.2) is 24.1 Å². The number of benzene rings is 3. The van der Waals surface area contributed by atoms with Crippen molar-refractivity contribution in [1.82, 2.24) is 5.16 Å². The van der Waals surface area contributed by atoms with E-state index < -0.39 is 18.0 Å². The van der Waals surface area contributed by atoms with Crippen molar-refractivity contribution in [3.8, 4) is 11.5 Å². The van der Waals surface area contributed by atoms with Crippen LogP contribution < -0.4 is 14.8 Å². The van der Waals surface area contributed by atoms with Gasteiger partial charge in [0, 0.05) is 17.3 Å². The minimum Gasteiger partial charge on any atom is -0.497 e. The van der Waals surface area contributed by atoms with Crippen LogP contribution in [0.2, 0.25) is 0 Å². The van der Waals surface area contributed by atoms with Gasteiger partial charge in [-0.25, -0.2) is 4.79 Å². The number of ether oxygens (including phenoxy) is 3. The van der Waals surface area contributed by atoms with Crippen molar-refractivity contribution < 1.29 is 28.3 Å². The summed E-state index contributed by atoms with van der Waals surface area (Å²) in [5.41, 5.74) is 3.01. The Morgan fingerprint density at radius 1 is 0.944 bits per heavy atom. The highest BCUT2D eigenvalue weighted by Crippen LogP contribution is 2.24. The number of nitrogens with zero attached hydrogens (tertiary/aromatic N) is 1. The molecule has 3 aromatic carbocycles. The highest BCUT2D eigenvalue weighted by Gasteiger charge is 2.26. The highest BCUT2D eigenvalue weighted by molar-refractivity contribution is 5.98. The Labute approximate surface area is 208 Å². The van der Waals surface area contributed by atoms with Gasteiger partial charge in [0.05, 0.1) is 23.9 Å². The molecule has 8 heteroatoms. The molecule has 0 saturated heterocycles. The number of carbonyl (C=O) groups excluding carboxylic acids is 2. The van der Waals surface area contributed by atoms with Crippen molar-refractivity contribution in [1.29, 1.82) is 0 Å². The van der Waals surface area contributed by atoms with E-state index in [0.717, 1.165) is 11.3 Å². The van der Waals surface area contributed by atoms with E-state index in [4.69, 9.17) is 18.7 Å². The average molecular weight is 487 g/mol. The zero-order chi connectivity index (χ0) is 25.5. The molecule has 184 valence electrons. The Morgan fingerprint density at radius 3 is 2.36 bits per heavy atom. The van der Waals surface area contributed by atoms with Gasteiger partial charge in [0.1, 0.15) is 23.9 Å². The summed E-state index contributed by atoms with van der Waals surface area (Å²) >= 11 is 0. The maximum atomic E-state index is 13.1. The molecule has 0 spiro atoms. The number of anilines is 1. The van der Waals surface area contributed by atoms with Gasteiger partial charge in [0.2, 0.25) is 6.10 Å². The summed E-state index contributed by atoms with van der Waals surface area (Å²) < 4.78 is 21.8. The molecule has 1 aromatic heterocycles. The van der Waals surface area contributed by atoms with Crippen molar-refractivity contribution in [3.63, 3.8) is 0 Å². The minimum absolute atomic E-state index is 0.287. The van der Waals surface area contributed by atoms with Crippen LogP contribution in [0.5, 0.6) is 11.5 Å². The number of aryl methyl sites for hydroxylation is 2. The lowest BCUT2D eigenvalue weighted by molar-refractivity contribution is -0.125. The smallest absolute Gasteiger partial charge is 0.339 e. The molecule has 1 heterocycles. The van der Waals surface area contributed by atoms with Crippen molar-refractivity contribution in [2.24, 2.45) is 0 Å². The van der Waals surface area contributed by atoms with Gasteiger partial charge in [-0.3, -0.25) is 4.79 Å². The fourth-order valence-corrected chi connectivity index (χ4v) is 3.54. The normalized spacial score (nSPS) is 11.4. The zero-order valence-electron chi connectivity index (χ0n) is 20.2. The summed E-state index contributed by atoms with van der Waals surface area (Å²) in [6.45, 7) is 3.97.